The molecule has 2 aromatic carbocycles. The Morgan fingerprint density at radius 1 is 1.24 bits per heavy atom. The third kappa shape index (κ3) is 5.80. The van der Waals surface area contributed by atoms with Gasteiger partial charge in [0.05, 0.1) is 7.11 Å². The van der Waals surface area contributed by atoms with E-state index in [0.717, 1.165) is 34.4 Å². The number of benzene rings is 2. The van der Waals surface area contributed by atoms with E-state index < -0.39 is 0 Å². The number of rotatable bonds is 9. The second kappa shape index (κ2) is 10.9. The SMILES string of the molecule is CCN1CCCC1CNCc1c(Br)ccc(OC)c1OCc1ccc(Cl)cc1Cl. The molecule has 3 rings (SSSR count). The largest absolute Gasteiger partial charge is 0.493 e. The molecule has 0 radical (unpaired) electrons. The molecule has 1 aliphatic rings. The van der Waals surface area contributed by atoms with Crippen LogP contribution in [0.3, 0.4) is 0 Å². The van der Waals surface area contributed by atoms with Gasteiger partial charge in [0.2, 0.25) is 0 Å². The standard InChI is InChI=1S/C22H27BrCl2N2O2/c1-3-27-10-4-5-17(27)12-26-13-18-19(23)8-9-21(28-2)22(18)29-14-15-6-7-16(24)11-20(15)25/h6-9,11,17,26H,3-5,10,12-14H2,1-2H3. The molecule has 1 unspecified atom stereocenters. The van der Waals surface area contributed by atoms with Crippen molar-refractivity contribution in [2.45, 2.75) is 39.0 Å². The third-order valence-electron chi connectivity index (χ3n) is 5.36. The smallest absolute Gasteiger partial charge is 0.167 e. The quantitative estimate of drug-likeness (QED) is 0.462. The van der Waals surface area contributed by atoms with Crippen LogP contribution in [-0.4, -0.2) is 37.7 Å². The van der Waals surface area contributed by atoms with Gasteiger partial charge in [-0.05, 0) is 50.2 Å². The maximum absolute atomic E-state index is 6.30. The molecular formula is C22H27BrCl2N2O2. The summed E-state index contributed by atoms with van der Waals surface area (Å²) in [5.74, 6) is 1.42. The van der Waals surface area contributed by atoms with Crippen LogP contribution >= 0.6 is 39.1 Å². The third-order valence-corrected chi connectivity index (χ3v) is 6.69. The van der Waals surface area contributed by atoms with Gasteiger partial charge >= 0.3 is 0 Å². The van der Waals surface area contributed by atoms with Crippen LogP contribution in [0.4, 0.5) is 0 Å². The lowest BCUT2D eigenvalue weighted by Crippen LogP contribution is -2.37. The van der Waals surface area contributed by atoms with Crippen LogP contribution in [0, 0.1) is 0 Å². The predicted molar refractivity (Wildman–Crippen MR) is 123 cm³/mol. The summed E-state index contributed by atoms with van der Waals surface area (Å²) in [5, 5.41) is 4.80. The molecule has 1 heterocycles. The Hall–Kier alpha value is -0.980. The summed E-state index contributed by atoms with van der Waals surface area (Å²) < 4.78 is 12.7. The number of halogens is 3. The molecular weight excluding hydrogens is 475 g/mol. The summed E-state index contributed by atoms with van der Waals surface area (Å²) >= 11 is 16.0. The highest BCUT2D eigenvalue weighted by Crippen LogP contribution is 2.37. The molecule has 4 nitrogen and oxygen atoms in total. The number of hydrogen-bond donors (Lipinski definition) is 1. The Morgan fingerprint density at radius 3 is 2.79 bits per heavy atom. The molecule has 158 valence electrons. The predicted octanol–water partition coefficient (Wildman–Crippen LogP) is 5.92. The van der Waals surface area contributed by atoms with Crippen LogP contribution < -0.4 is 14.8 Å². The van der Waals surface area contributed by atoms with Gasteiger partial charge < -0.3 is 14.8 Å². The van der Waals surface area contributed by atoms with Crippen molar-refractivity contribution in [3.63, 3.8) is 0 Å². The van der Waals surface area contributed by atoms with Crippen molar-refractivity contribution in [1.82, 2.24) is 10.2 Å². The van der Waals surface area contributed by atoms with Crippen LogP contribution in [0.5, 0.6) is 11.5 Å². The van der Waals surface area contributed by atoms with Crippen molar-refractivity contribution in [1.29, 1.82) is 0 Å². The number of nitrogens with one attached hydrogen (secondary N) is 1. The fraction of sp³-hybridized carbons (Fsp3) is 0.455. The van der Waals surface area contributed by atoms with Crippen molar-refractivity contribution < 1.29 is 9.47 Å². The summed E-state index contributed by atoms with van der Waals surface area (Å²) in [6.07, 6.45) is 2.53. The summed E-state index contributed by atoms with van der Waals surface area (Å²) in [6.45, 7) is 6.51. The Balaban J connectivity index is 1.72. The molecule has 0 aromatic heterocycles. The van der Waals surface area contributed by atoms with E-state index in [4.69, 9.17) is 32.7 Å². The van der Waals surface area contributed by atoms with Crippen LogP contribution in [0.2, 0.25) is 10.0 Å². The van der Waals surface area contributed by atoms with Crippen LogP contribution in [0.1, 0.15) is 30.9 Å². The van der Waals surface area contributed by atoms with Gasteiger partial charge in [0, 0.05) is 44.8 Å². The number of ether oxygens (including phenoxy) is 2. The van der Waals surface area contributed by atoms with Gasteiger partial charge in [-0.2, -0.15) is 0 Å². The number of likely N-dealkylation sites (N-methyl/N-ethyl adjacent to an activating group) is 1. The Morgan fingerprint density at radius 2 is 2.07 bits per heavy atom. The van der Waals surface area contributed by atoms with Gasteiger partial charge in [-0.1, -0.05) is 52.1 Å². The number of hydrogen-bond acceptors (Lipinski definition) is 4. The van der Waals surface area contributed by atoms with Crippen molar-refractivity contribution >= 4 is 39.1 Å². The second-order valence-corrected chi connectivity index (χ2v) is 8.84. The number of nitrogens with zero attached hydrogens (tertiary/aromatic N) is 1. The first-order chi connectivity index (χ1) is 14.0. The molecule has 7 heteroatoms. The highest BCUT2D eigenvalue weighted by atomic mass is 79.9. The molecule has 0 saturated carbocycles. The number of likely N-dealkylation sites (tertiary alicyclic amines) is 1. The topological polar surface area (TPSA) is 33.7 Å². The minimum absolute atomic E-state index is 0.335. The fourth-order valence-corrected chi connectivity index (χ4v) is 4.68. The van der Waals surface area contributed by atoms with E-state index in [9.17, 15) is 0 Å². The van der Waals surface area contributed by atoms with Gasteiger partial charge in [0.15, 0.2) is 11.5 Å². The lowest BCUT2D eigenvalue weighted by Gasteiger charge is -2.23. The van der Waals surface area contributed by atoms with E-state index in [1.54, 1.807) is 13.2 Å². The molecule has 0 bridgehead atoms. The van der Waals surface area contributed by atoms with Crippen LogP contribution in [-0.2, 0) is 13.2 Å². The first kappa shape index (κ1) is 22.7. The van der Waals surface area contributed by atoms with E-state index in [1.807, 2.05) is 24.3 Å². The monoisotopic (exact) mass is 500 g/mol. The molecule has 1 N–H and O–H groups in total. The van der Waals surface area contributed by atoms with Crippen molar-refractivity contribution in [3.05, 3.63) is 56.0 Å². The van der Waals surface area contributed by atoms with Gasteiger partial charge in [0.25, 0.3) is 0 Å². The molecule has 2 aromatic rings. The minimum Gasteiger partial charge on any atom is -0.493 e. The Bertz CT molecular complexity index is 835. The zero-order valence-corrected chi connectivity index (χ0v) is 19.9. The molecule has 29 heavy (non-hydrogen) atoms. The number of methoxy groups -OCH3 is 1. The van der Waals surface area contributed by atoms with E-state index in [2.05, 4.69) is 33.1 Å². The highest BCUT2D eigenvalue weighted by Gasteiger charge is 2.23. The van der Waals surface area contributed by atoms with Crippen LogP contribution in [0.25, 0.3) is 0 Å². The molecule has 1 saturated heterocycles. The molecule has 1 aliphatic heterocycles. The first-order valence-electron chi connectivity index (χ1n) is 9.90. The van der Waals surface area contributed by atoms with Crippen molar-refractivity contribution in [3.8, 4) is 11.5 Å². The molecule has 0 amide bonds. The van der Waals surface area contributed by atoms with Gasteiger partial charge in [-0.25, -0.2) is 0 Å². The van der Waals surface area contributed by atoms with Crippen LogP contribution in [0.15, 0.2) is 34.8 Å². The average Bonchev–Trinajstić information content (AvgIpc) is 3.16. The highest BCUT2D eigenvalue weighted by molar-refractivity contribution is 9.10. The summed E-state index contributed by atoms with van der Waals surface area (Å²) in [6, 6.07) is 9.92. The van der Waals surface area contributed by atoms with E-state index in [1.165, 1.54) is 19.4 Å². The van der Waals surface area contributed by atoms with Gasteiger partial charge in [0.1, 0.15) is 6.61 Å². The lowest BCUT2D eigenvalue weighted by atomic mass is 10.1. The summed E-state index contributed by atoms with van der Waals surface area (Å²) in [7, 11) is 1.65. The fourth-order valence-electron chi connectivity index (χ4n) is 3.76. The molecule has 1 fully saturated rings. The minimum atomic E-state index is 0.335. The normalized spacial score (nSPS) is 16.9. The van der Waals surface area contributed by atoms with Gasteiger partial charge in [-0.3, -0.25) is 4.90 Å². The zero-order valence-electron chi connectivity index (χ0n) is 16.8. The maximum atomic E-state index is 6.30. The van der Waals surface area contributed by atoms with Crippen molar-refractivity contribution in [2.24, 2.45) is 0 Å². The Labute approximate surface area is 191 Å². The molecule has 0 spiro atoms. The lowest BCUT2D eigenvalue weighted by molar-refractivity contribution is 0.258. The van der Waals surface area contributed by atoms with E-state index in [0.29, 0.717) is 35.0 Å². The Kier molecular flexibility index (Phi) is 8.51. The summed E-state index contributed by atoms with van der Waals surface area (Å²) in [5.41, 5.74) is 1.91. The van der Waals surface area contributed by atoms with E-state index in [-0.39, 0.29) is 0 Å². The van der Waals surface area contributed by atoms with Crippen molar-refractivity contribution in [2.75, 3.05) is 26.7 Å². The average molecular weight is 502 g/mol. The first-order valence-corrected chi connectivity index (χ1v) is 11.4. The molecule has 1 atom stereocenters. The molecule has 0 aliphatic carbocycles. The maximum Gasteiger partial charge on any atom is 0.167 e. The zero-order chi connectivity index (χ0) is 20.8. The van der Waals surface area contributed by atoms with Gasteiger partial charge in [-0.15, -0.1) is 0 Å². The second-order valence-electron chi connectivity index (χ2n) is 7.14. The summed E-state index contributed by atoms with van der Waals surface area (Å²) in [4.78, 5) is 2.54. The van der Waals surface area contributed by atoms with E-state index >= 15 is 0 Å².